The van der Waals surface area contributed by atoms with Crippen LogP contribution in [0.2, 0.25) is 5.02 Å². The molecular weight excluding hydrogens is 306 g/mol. The van der Waals surface area contributed by atoms with Crippen LogP contribution in [-0.2, 0) is 4.79 Å². The van der Waals surface area contributed by atoms with Crippen molar-refractivity contribution < 1.29 is 9.90 Å². The summed E-state index contributed by atoms with van der Waals surface area (Å²) >= 11 is 6.16. The van der Waals surface area contributed by atoms with Gasteiger partial charge in [-0.2, -0.15) is 5.10 Å². The number of aliphatic hydroxyl groups excluding tert-OH is 1. The van der Waals surface area contributed by atoms with Crippen LogP contribution in [0.4, 0.5) is 11.5 Å². The number of H-pyrrole nitrogens is 1. The molecule has 8 heteroatoms. The number of benzene rings is 1. The Balaban J connectivity index is 1.85. The van der Waals surface area contributed by atoms with Crippen LogP contribution in [0, 0.1) is 0 Å². The fourth-order valence-corrected chi connectivity index (χ4v) is 3.02. The standard InChI is InChI=1S/C14H18ClN5O2/c1-8(21)14(22)20-4-2-19(3-5-20)11-7-9(15)6-10-12(11)13(16)18-17-10/h6-8,21H,2-5H2,1H3,(H3,16,17,18). The highest BCUT2D eigenvalue weighted by Crippen LogP contribution is 2.33. The maximum Gasteiger partial charge on any atom is 0.251 e. The summed E-state index contributed by atoms with van der Waals surface area (Å²) in [5, 5.41) is 17.7. The SMILES string of the molecule is CC(O)C(=O)N1CCN(c2cc(Cl)cc3[nH]nc(N)c23)CC1. The van der Waals surface area contributed by atoms with Crippen molar-refractivity contribution in [2.24, 2.45) is 0 Å². The van der Waals surface area contributed by atoms with E-state index in [2.05, 4.69) is 15.1 Å². The zero-order valence-corrected chi connectivity index (χ0v) is 13.0. The average molecular weight is 324 g/mol. The van der Waals surface area contributed by atoms with E-state index < -0.39 is 6.10 Å². The minimum Gasteiger partial charge on any atom is -0.384 e. The summed E-state index contributed by atoms with van der Waals surface area (Å²) in [6, 6.07) is 3.65. The molecule has 0 aliphatic carbocycles. The maximum atomic E-state index is 11.8. The number of carbonyl (C=O) groups excluding carboxylic acids is 1. The minimum absolute atomic E-state index is 0.237. The van der Waals surface area contributed by atoms with Crippen LogP contribution in [0.5, 0.6) is 0 Å². The lowest BCUT2D eigenvalue weighted by Gasteiger charge is -2.37. The molecule has 22 heavy (non-hydrogen) atoms. The van der Waals surface area contributed by atoms with Crippen LogP contribution in [0.1, 0.15) is 6.92 Å². The first-order valence-electron chi connectivity index (χ1n) is 7.12. The van der Waals surface area contributed by atoms with Gasteiger partial charge in [0.15, 0.2) is 5.82 Å². The molecule has 0 saturated carbocycles. The van der Waals surface area contributed by atoms with E-state index in [1.54, 1.807) is 11.0 Å². The zero-order valence-electron chi connectivity index (χ0n) is 12.2. The number of hydrogen-bond donors (Lipinski definition) is 3. The smallest absolute Gasteiger partial charge is 0.251 e. The molecular formula is C14H18ClN5O2. The van der Waals surface area contributed by atoms with Gasteiger partial charge in [-0.15, -0.1) is 0 Å². The molecule has 0 bridgehead atoms. The highest BCUT2D eigenvalue weighted by Gasteiger charge is 2.25. The Morgan fingerprint density at radius 3 is 2.73 bits per heavy atom. The quantitative estimate of drug-likeness (QED) is 0.760. The van der Waals surface area contributed by atoms with Crippen molar-refractivity contribution in [2.45, 2.75) is 13.0 Å². The number of anilines is 2. The van der Waals surface area contributed by atoms with Crippen molar-refractivity contribution in [3.05, 3.63) is 17.2 Å². The van der Waals surface area contributed by atoms with E-state index in [0.717, 1.165) is 16.6 Å². The molecule has 1 aliphatic rings. The molecule has 1 fully saturated rings. The molecule has 1 aliphatic heterocycles. The first kappa shape index (κ1) is 14.9. The number of aromatic nitrogens is 2. The third-order valence-corrected chi connectivity index (χ3v) is 4.14. The van der Waals surface area contributed by atoms with Gasteiger partial charge in [-0.05, 0) is 19.1 Å². The number of aromatic amines is 1. The second kappa shape index (κ2) is 5.66. The topological polar surface area (TPSA) is 98.5 Å². The third-order valence-electron chi connectivity index (χ3n) is 3.92. The highest BCUT2D eigenvalue weighted by molar-refractivity contribution is 6.32. The number of aliphatic hydroxyl groups is 1. The predicted molar refractivity (Wildman–Crippen MR) is 86.0 cm³/mol. The number of fused-ring (bicyclic) bond motifs is 1. The van der Waals surface area contributed by atoms with Gasteiger partial charge in [-0.25, -0.2) is 0 Å². The summed E-state index contributed by atoms with van der Waals surface area (Å²) in [7, 11) is 0. The molecule has 3 rings (SSSR count). The van der Waals surface area contributed by atoms with Crippen molar-refractivity contribution in [1.82, 2.24) is 15.1 Å². The van der Waals surface area contributed by atoms with Gasteiger partial charge in [0.05, 0.1) is 16.6 Å². The lowest BCUT2D eigenvalue weighted by molar-refractivity contribution is -0.139. The van der Waals surface area contributed by atoms with Crippen LogP contribution in [0.3, 0.4) is 0 Å². The van der Waals surface area contributed by atoms with Crippen molar-refractivity contribution in [3.63, 3.8) is 0 Å². The predicted octanol–water partition coefficient (Wildman–Crippen LogP) is 0.828. The molecule has 1 amide bonds. The van der Waals surface area contributed by atoms with Gasteiger partial charge in [-0.3, -0.25) is 9.89 Å². The number of amides is 1. The summed E-state index contributed by atoms with van der Waals surface area (Å²) < 4.78 is 0. The number of carbonyl (C=O) groups is 1. The van der Waals surface area contributed by atoms with Crippen molar-refractivity contribution in [1.29, 1.82) is 0 Å². The molecule has 7 nitrogen and oxygen atoms in total. The number of rotatable bonds is 2. The minimum atomic E-state index is -0.964. The van der Waals surface area contributed by atoms with E-state index in [1.165, 1.54) is 6.92 Å². The number of nitrogens with zero attached hydrogens (tertiary/aromatic N) is 3. The summed E-state index contributed by atoms with van der Waals surface area (Å²) in [6.45, 7) is 3.89. The molecule has 2 aromatic rings. The number of halogens is 1. The van der Waals surface area contributed by atoms with Crippen LogP contribution < -0.4 is 10.6 Å². The van der Waals surface area contributed by atoms with E-state index in [1.807, 2.05) is 6.07 Å². The van der Waals surface area contributed by atoms with Crippen LogP contribution in [0.25, 0.3) is 10.9 Å². The number of piperazine rings is 1. The van der Waals surface area contributed by atoms with Gasteiger partial charge < -0.3 is 20.6 Å². The monoisotopic (exact) mass is 323 g/mol. The van der Waals surface area contributed by atoms with E-state index in [9.17, 15) is 9.90 Å². The van der Waals surface area contributed by atoms with Crippen molar-refractivity contribution >= 4 is 39.9 Å². The van der Waals surface area contributed by atoms with E-state index in [4.69, 9.17) is 17.3 Å². The Kier molecular flexibility index (Phi) is 3.84. The molecule has 0 spiro atoms. The Bertz CT molecular complexity index is 707. The Morgan fingerprint density at radius 1 is 1.41 bits per heavy atom. The fraction of sp³-hybridized carbons (Fsp3) is 0.429. The van der Waals surface area contributed by atoms with Gasteiger partial charge in [0.1, 0.15) is 6.10 Å². The molecule has 1 aromatic heterocycles. The normalized spacial score (nSPS) is 17.0. The third kappa shape index (κ3) is 2.57. The summed E-state index contributed by atoms with van der Waals surface area (Å²) in [5.41, 5.74) is 7.65. The Hall–Kier alpha value is -1.99. The average Bonchev–Trinajstić information content (AvgIpc) is 2.87. The van der Waals surface area contributed by atoms with Gasteiger partial charge >= 0.3 is 0 Å². The molecule has 4 N–H and O–H groups in total. The van der Waals surface area contributed by atoms with Crippen LogP contribution >= 0.6 is 11.6 Å². The van der Waals surface area contributed by atoms with E-state index in [-0.39, 0.29) is 5.91 Å². The van der Waals surface area contributed by atoms with Gasteiger partial charge in [0, 0.05) is 31.2 Å². The lowest BCUT2D eigenvalue weighted by Crippen LogP contribution is -2.51. The zero-order chi connectivity index (χ0) is 15.9. The molecule has 2 heterocycles. The first-order valence-corrected chi connectivity index (χ1v) is 7.50. The lowest BCUT2D eigenvalue weighted by atomic mass is 10.1. The summed E-state index contributed by atoms with van der Waals surface area (Å²) in [6.07, 6.45) is -0.964. The molecule has 1 unspecified atom stereocenters. The second-order valence-corrected chi connectivity index (χ2v) is 5.88. The molecule has 1 aromatic carbocycles. The summed E-state index contributed by atoms with van der Waals surface area (Å²) in [5.74, 6) is 0.197. The fourth-order valence-electron chi connectivity index (χ4n) is 2.81. The summed E-state index contributed by atoms with van der Waals surface area (Å²) in [4.78, 5) is 15.6. The Morgan fingerprint density at radius 2 is 2.09 bits per heavy atom. The molecule has 0 radical (unpaired) electrons. The molecule has 1 saturated heterocycles. The second-order valence-electron chi connectivity index (χ2n) is 5.44. The van der Waals surface area contributed by atoms with Gasteiger partial charge in [0.25, 0.3) is 5.91 Å². The van der Waals surface area contributed by atoms with E-state index >= 15 is 0 Å². The van der Waals surface area contributed by atoms with Gasteiger partial charge in [-0.1, -0.05) is 11.6 Å². The highest BCUT2D eigenvalue weighted by atomic mass is 35.5. The van der Waals surface area contributed by atoms with Crippen molar-refractivity contribution in [2.75, 3.05) is 36.8 Å². The Labute approximate surface area is 132 Å². The number of hydrogen-bond acceptors (Lipinski definition) is 5. The van der Waals surface area contributed by atoms with Crippen LogP contribution in [-0.4, -0.2) is 58.4 Å². The largest absolute Gasteiger partial charge is 0.384 e. The number of nitrogens with two attached hydrogens (primary N) is 1. The number of nitrogens with one attached hydrogen (secondary N) is 1. The van der Waals surface area contributed by atoms with Crippen molar-refractivity contribution in [3.8, 4) is 0 Å². The van der Waals surface area contributed by atoms with E-state index in [0.29, 0.717) is 37.0 Å². The first-order chi connectivity index (χ1) is 10.5. The van der Waals surface area contributed by atoms with Crippen LogP contribution in [0.15, 0.2) is 12.1 Å². The van der Waals surface area contributed by atoms with Gasteiger partial charge in [0.2, 0.25) is 0 Å². The maximum absolute atomic E-state index is 11.8. The number of nitrogen functional groups attached to an aromatic ring is 1. The molecule has 118 valence electrons. The molecule has 1 atom stereocenters.